The Morgan fingerprint density at radius 1 is 1.20 bits per heavy atom. The maximum Gasteiger partial charge on any atom is 0.319 e. The van der Waals surface area contributed by atoms with Crippen molar-refractivity contribution in [3.05, 3.63) is 68.7 Å². The minimum Gasteiger partial charge on any atom is -0.492 e. The van der Waals surface area contributed by atoms with E-state index < -0.39 is 29.6 Å². The molecule has 2 aromatic rings. The van der Waals surface area contributed by atoms with Crippen LogP contribution in [0.4, 0.5) is 5.69 Å². The number of carbonyl (C=O) groups excluding carboxylic acids is 3. The number of thioether (sulfide) groups is 1. The molecule has 0 aliphatic carbocycles. The van der Waals surface area contributed by atoms with Crippen LogP contribution in [0.1, 0.15) is 18.4 Å². The number of amides is 2. The number of halogens is 2. The van der Waals surface area contributed by atoms with Crippen molar-refractivity contribution >= 4 is 58.4 Å². The number of nitrogens with zero attached hydrogens (tertiary/aromatic N) is 1. The second kappa shape index (κ2) is 12.0. The van der Waals surface area contributed by atoms with Gasteiger partial charge >= 0.3 is 5.97 Å². The van der Waals surface area contributed by atoms with Crippen LogP contribution < -0.4 is 15.4 Å². The molecule has 3 rings (SSSR count). The number of rotatable bonds is 8. The number of methoxy groups -OCH3 is 1. The first kappa shape index (κ1) is 26.4. The quantitative estimate of drug-likeness (QED) is 0.378. The molecule has 0 unspecified atom stereocenters. The standard InChI is InChI=1S/C24H21Cl2N3O5S/c1-3-34-18-9-8-13(10-16(18)26)20-14(11-27)23(29-22(31)21(20)24(32)33-2)35-12-19(30)28-17-7-5-4-6-15(17)25/h4-10,20-21H,3,12H2,1-2H3,(H,28,30)(H,29,31)/t20-,21-/m1/s1. The van der Waals surface area contributed by atoms with Crippen LogP contribution in [-0.4, -0.2) is 37.3 Å². The molecule has 0 saturated carbocycles. The summed E-state index contributed by atoms with van der Waals surface area (Å²) in [5.41, 5.74) is 1.00. The lowest BCUT2D eigenvalue weighted by atomic mass is 9.78. The van der Waals surface area contributed by atoms with Crippen LogP contribution in [0.25, 0.3) is 0 Å². The summed E-state index contributed by atoms with van der Waals surface area (Å²) in [4.78, 5) is 38.0. The summed E-state index contributed by atoms with van der Waals surface area (Å²) >= 11 is 13.4. The molecule has 8 nitrogen and oxygen atoms in total. The van der Waals surface area contributed by atoms with E-state index in [1.807, 2.05) is 6.92 Å². The third-order valence-corrected chi connectivity index (χ3v) is 6.74. The van der Waals surface area contributed by atoms with Gasteiger partial charge in [0.05, 0.1) is 51.9 Å². The lowest BCUT2D eigenvalue weighted by molar-refractivity contribution is -0.150. The van der Waals surface area contributed by atoms with Crippen molar-refractivity contribution in [1.82, 2.24) is 5.32 Å². The first-order valence-corrected chi connectivity index (χ1v) is 12.2. The largest absolute Gasteiger partial charge is 0.492 e. The molecule has 0 spiro atoms. The molecule has 0 saturated heterocycles. The van der Waals surface area contributed by atoms with Crippen LogP contribution in [-0.2, 0) is 19.1 Å². The van der Waals surface area contributed by atoms with Crippen LogP contribution in [0.3, 0.4) is 0 Å². The second-order valence-electron chi connectivity index (χ2n) is 7.26. The Hall–Kier alpha value is -3.19. The molecule has 35 heavy (non-hydrogen) atoms. The van der Waals surface area contributed by atoms with Crippen LogP contribution in [0.5, 0.6) is 5.75 Å². The van der Waals surface area contributed by atoms with Crippen LogP contribution in [0, 0.1) is 17.2 Å². The Labute approximate surface area is 216 Å². The minimum absolute atomic E-state index is 0.107. The van der Waals surface area contributed by atoms with Crippen LogP contribution >= 0.6 is 35.0 Å². The Balaban J connectivity index is 1.94. The third-order valence-electron chi connectivity index (χ3n) is 5.09. The third kappa shape index (κ3) is 6.09. The van der Waals surface area contributed by atoms with Crippen molar-refractivity contribution in [2.45, 2.75) is 12.8 Å². The molecule has 11 heteroatoms. The molecular weight excluding hydrogens is 513 g/mol. The van der Waals surface area contributed by atoms with E-state index in [0.717, 1.165) is 18.9 Å². The first-order chi connectivity index (χ1) is 16.8. The van der Waals surface area contributed by atoms with Gasteiger partial charge in [0.1, 0.15) is 11.7 Å². The molecule has 0 radical (unpaired) electrons. The maximum atomic E-state index is 12.9. The van der Waals surface area contributed by atoms with E-state index in [1.165, 1.54) is 0 Å². The topological polar surface area (TPSA) is 118 Å². The summed E-state index contributed by atoms with van der Waals surface area (Å²) < 4.78 is 10.3. The van der Waals surface area contributed by atoms with E-state index in [9.17, 15) is 19.6 Å². The molecule has 0 fully saturated rings. The number of ether oxygens (including phenoxy) is 2. The number of carbonyl (C=O) groups is 3. The van der Waals surface area contributed by atoms with Gasteiger partial charge in [-0.05, 0) is 36.8 Å². The molecule has 1 aliphatic rings. The lowest BCUT2D eigenvalue weighted by Gasteiger charge is -2.31. The van der Waals surface area contributed by atoms with E-state index in [4.69, 9.17) is 32.7 Å². The number of esters is 1. The predicted octanol–water partition coefficient (Wildman–Crippen LogP) is 4.50. The Bertz CT molecular complexity index is 1230. The first-order valence-electron chi connectivity index (χ1n) is 10.4. The van der Waals surface area contributed by atoms with Crippen LogP contribution in [0.15, 0.2) is 53.1 Å². The molecule has 1 aliphatic heterocycles. The molecule has 2 atom stereocenters. The number of nitriles is 1. The summed E-state index contributed by atoms with van der Waals surface area (Å²) in [5.74, 6) is -3.82. The molecule has 1 heterocycles. The van der Waals surface area contributed by atoms with Gasteiger partial charge < -0.3 is 20.1 Å². The van der Waals surface area contributed by atoms with Gasteiger partial charge in [-0.25, -0.2) is 0 Å². The van der Waals surface area contributed by atoms with Gasteiger partial charge in [-0.1, -0.05) is 53.2 Å². The van der Waals surface area contributed by atoms with E-state index in [0.29, 0.717) is 28.6 Å². The molecule has 182 valence electrons. The highest BCUT2D eigenvalue weighted by Crippen LogP contribution is 2.42. The van der Waals surface area contributed by atoms with E-state index in [-0.39, 0.29) is 21.4 Å². The van der Waals surface area contributed by atoms with Gasteiger partial charge in [-0.15, -0.1) is 0 Å². The Kier molecular flexibility index (Phi) is 9.04. The van der Waals surface area contributed by atoms with Crippen molar-refractivity contribution < 1.29 is 23.9 Å². The molecule has 0 bridgehead atoms. The molecular formula is C24H21Cl2N3O5S. The van der Waals surface area contributed by atoms with Gasteiger partial charge in [0.25, 0.3) is 0 Å². The lowest BCUT2D eigenvalue weighted by Crippen LogP contribution is -2.44. The zero-order valence-electron chi connectivity index (χ0n) is 18.8. The van der Waals surface area contributed by atoms with Crippen molar-refractivity contribution in [2.75, 3.05) is 24.8 Å². The summed E-state index contributed by atoms with van der Waals surface area (Å²) in [6.45, 7) is 2.21. The van der Waals surface area contributed by atoms with Crippen molar-refractivity contribution in [1.29, 1.82) is 5.26 Å². The summed E-state index contributed by atoms with van der Waals surface area (Å²) in [6.07, 6.45) is 0. The van der Waals surface area contributed by atoms with Gasteiger partial charge in [-0.3, -0.25) is 14.4 Å². The zero-order chi connectivity index (χ0) is 25.5. The van der Waals surface area contributed by atoms with E-state index in [1.54, 1.807) is 42.5 Å². The molecule has 2 N–H and O–H groups in total. The van der Waals surface area contributed by atoms with Crippen molar-refractivity contribution in [3.8, 4) is 11.8 Å². The van der Waals surface area contributed by atoms with Gasteiger partial charge in [0, 0.05) is 5.92 Å². The molecule has 2 amide bonds. The van der Waals surface area contributed by atoms with E-state index in [2.05, 4.69) is 16.7 Å². The zero-order valence-corrected chi connectivity index (χ0v) is 21.1. The summed E-state index contributed by atoms with van der Waals surface area (Å²) in [6, 6.07) is 13.6. The second-order valence-corrected chi connectivity index (χ2v) is 9.06. The monoisotopic (exact) mass is 533 g/mol. The molecule has 2 aromatic carbocycles. The fourth-order valence-electron chi connectivity index (χ4n) is 3.55. The Morgan fingerprint density at radius 3 is 2.57 bits per heavy atom. The number of anilines is 1. The number of benzene rings is 2. The highest BCUT2D eigenvalue weighted by molar-refractivity contribution is 8.03. The normalized spacial score (nSPS) is 17.3. The summed E-state index contributed by atoms with van der Waals surface area (Å²) in [5, 5.41) is 16.1. The fourth-order valence-corrected chi connectivity index (χ4v) is 4.82. The molecule has 0 aromatic heterocycles. The average molecular weight is 534 g/mol. The number of allylic oxidation sites excluding steroid dienone is 1. The average Bonchev–Trinajstić information content (AvgIpc) is 2.84. The highest BCUT2D eigenvalue weighted by Gasteiger charge is 2.44. The van der Waals surface area contributed by atoms with Crippen LogP contribution in [0.2, 0.25) is 10.0 Å². The van der Waals surface area contributed by atoms with Crippen molar-refractivity contribution in [2.24, 2.45) is 5.92 Å². The number of nitrogens with one attached hydrogen (secondary N) is 2. The number of hydrogen-bond donors (Lipinski definition) is 2. The van der Waals surface area contributed by atoms with Gasteiger partial charge in [-0.2, -0.15) is 5.26 Å². The number of hydrogen-bond acceptors (Lipinski definition) is 7. The fraction of sp³-hybridized carbons (Fsp3) is 0.250. The maximum absolute atomic E-state index is 12.9. The van der Waals surface area contributed by atoms with Gasteiger partial charge in [0.2, 0.25) is 11.8 Å². The van der Waals surface area contributed by atoms with Gasteiger partial charge in [0.15, 0.2) is 0 Å². The smallest absolute Gasteiger partial charge is 0.319 e. The number of para-hydroxylation sites is 1. The predicted molar refractivity (Wildman–Crippen MR) is 134 cm³/mol. The minimum atomic E-state index is -1.31. The summed E-state index contributed by atoms with van der Waals surface area (Å²) in [7, 11) is 1.16. The van der Waals surface area contributed by atoms with Crippen molar-refractivity contribution in [3.63, 3.8) is 0 Å². The Morgan fingerprint density at radius 2 is 1.94 bits per heavy atom. The van der Waals surface area contributed by atoms with E-state index >= 15 is 0 Å². The SMILES string of the molecule is CCOc1ccc([C@@H]2C(C#N)=C(SCC(=O)Nc3ccccc3Cl)NC(=O)[C@@H]2C(=O)OC)cc1Cl. The highest BCUT2D eigenvalue weighted by atomic mass is 35.5.